The minimum absolute atomic E-state index is 0.188. The number of aromatic amines is 1. The molecule has 1 aliphatic heterocycles. The number of aryl methyl sites for hydroxylation is 1. The van der Waals surface area contributed by atoms with Crippen LogP contribution in [0.3, 0.4) is 0 Å². The molecule has 0 saturated carbocycles. The Morgan fingerprint density at radius 2 is 1.85 bits per heavy atom. The number of imidazole rings is 1. The van der Waals surface area contributed by atoms with Crippen molar-refractivity contribution >= 4 is 28.0 Å². The van der Waals surface area contributed by atoms with Gasteiger partial charge in [0.25, 0.3) is 0 Å². The standard InChI is InChI=1S/C29H39N7O5/c1-2-3-16-40-28-32-26(30)25-27(33-28)36(29(38)31-25)13-5-12-35(11-4-10-34-14-17-39-18-15-34)20-21-6-8-23-22(19-21)7-9-24(37)41-23/h6-9,19H,2-5,10-18,20H2,1H3,(H,31,38)(H2,30,32,33). The Labute approximate surface area is 238 Å². The van der Waals surface area contributed by atoms with Crippen molar-refractivity contribution in [3.63, 3.8) is 0 Å². The number of fused-ring (bicyclic) bond motifs is 2. The molecule has 1 aliphatic rings. The first-order chi connectivity index (χ1) is 20.0. The predicted molar refractivity (Wildman–Crippen MR) is 157 cm³/mol. The van der Waals surface area contributed by atoms with Crippen molar-refractivity contribution in [3.05, 3.63) is 56.8 Å². The number of nitrogens with zero attached hydrogens (tertiary/aromatic N) is 5. The summed E-state index contributed by atoms with van der Waals surface area (Å²) < 4.78 is 18.1. The lowest BCUT2D eigenvalue weighted by Crippen LogP contribution is -2.38. The molecule has 41 heavy (non-hydrogen) atoms. The summed E-state index contributed by atoms with van der Waals surface area (Å²) in [6.45, 7) is 10.0. The summed E-state index contributed by atoms with van der Waals surface area (Å²) in [5, 5.41) is 0.898. The molecule has 1 saturated heterocycles. The SMILES string of the molecule is CCCCOc1nc(N)c2[nH]c(=O)n(CCCN(CCCN3CCOCC3)Cc3ccc4oc(=O)ccc4c3)c2n1. The van der Waals surface area contributed by atoms with Crippen molar-refractivity contribution in [1.82, 2.24) is 29.3 Å². The van der Waals surface area contributed by atoms with Crippen molar-refractivity contribution in [2.24, 2.45) is 0 Å². The Hall–Kier alpha value is -3.74. The van der Waals surface area contributed by atoms with Gasteiger partial charge in [-0.05, 0) is 56.1 Å². The van der Waals surface area contributed by atoms with Gasteiger partial charge in [0.1, 0.15) is 11.1 Å². The number of anilines is 1. The van der Waals surface area contributed by atoms with Gasteiger partial charge in [0.2, 0.25) is 0 Å². The summed E-state index contributed by atoms with van der Waals surface area (Å²) in [5.41, 5.74) is 8.11. The van der Waals surface area contributed by atoms with Crippen LogP contribution >= 0.6 is 0 Å². The molecule has 4 aromatic rings. The Morgan fingerprint density at radius 1 is 1.05 bits per heavy atom. The van der Waals surface area contributed by atoms with Gasteiger partial charge in [0, 0.05) is 44.2 Å². The fourth-order valence-electron chi connectivity index (χ4n) is 5.15. The Bertz CT molecular complexity index is 1560. The third-order valence-electron chi connectivity index (χ3n) is 7.36. The number of hydrogen-bond acceptors (Lipinski definition) is 10. The third-order valence-corrected chi connectivity index (χ3v) is 7.36. The number of nitrogens with two attached hydrogens (primary N) is 1. The zero-order valence-corrected chi connectivity index (χ0v) is 23.6. The molecule has 0 bridgehead atoms. The summed E-state index contributed by atoms with van der Waals surface area (Å²) in [4.78, 5) is 40.7. The molecule has 0 radical (unpaired) electrons. The van der Waals surface area contributed by atoms with Gasteiger partial charge < -0.3 is 24.6 Å². The lowest BCUT2D eigenvalue weighted by Gasteiger charge is -2.28. The molecule has 12 nitrogen and oxygen atoms in total. The first-order valence-corrected chi connectivity index (χ1v) is 14.4. The van der Waals surface area contributed by atoms with E-state index in [-0.39, 0.29) is 23.1 Å². The summed E-state index contributed by atoms with van der Waals surface area (Å²) in [7, 11) is 0. The van der Waals surface area contributed by atoms with E-state index in [0.29, 0.717) is 29.9 Å². The van der Waals surface area contributed by atoms with E-state index in [0.717, 1.165) is 89.1 Å². The molecule has 220 valence electrons. The Balaban J connectivity index is 1.27. The number of nitrogens with one attached hydrogen (secondary N) is 1. The number of H-pyrrole nitrogens is 1. The molecule has 3 N–H and O–H groups in total. The molecule has 1 aromatic carbocycles. The normalized spacial score (nSPS) is 14.4. The van der Waals surface area contributed by atoms with Gasteiger partial charge in [-0.25, -0.2) is 9.59 Å². The van der Waals surface area contributed by atoms with Crippen LogP contribution in [0.4, 0.5) is 5.82 Å². The number of ether oxygens (including phenoxy) is 2. The van der Waals surface area contributed by atoms with Crippen LogP contribution in [0.15, 0.2) is 44.3 Å². The fourth-order valence-corrected chi connectivity index (χ4v) is 5.15. The molecule has 3 aromatic heterocycles. The fraction of sp³-hybridized carbons (Fsp3) is 0.517. The lowest BCUT2D eigenvalue weighted by molar-refractivity contribution is 0.0359. The average Bonchev–Trinajstić information content (AvgIpc) is 3.29. The number of morpholine rings is 1. The quantitative estimate of drug-likeness (QED) is 0.173. The van der Waals surface area contributed by atoms with Crippen LogP contribution < -0.4 is 21.8 Å². The monoisotopic (exact) mass is 565 g/mol. The number of benzene rings is 1. The van der Waals surface area contributed by atoms with Gasteiger partial charge in [-0.3, -0.25) is 14.4 Å². The van der Waals surface area contributed by atoms with Gasteiger partial charge in [0.05, 0.1) is 19.8 Å². The van der Waals surface area contributed by atoms with E-state index in [4.69, 9.17) is 19.6 Å². The second-order valence-electron chi connectivity index (χ2n) is 10.4. The first kappa shape index (κ1) is 28.8. The topological polar surface area (TPSA) is 145 Å². The van der Waals surface area contributed by atoms with Crippen LogP contribution in [0, 0.1) is 0 Å². The van der Waals surface area contributed by atoms with E-state index in [1.54, 1.807) is 10.6 Å². The molecular formula is C29H39N7O5. The minimum Gasteiger partial charge on any atom is -0.463 e. The maximum atomic E-state index is 12.8. The highest BCUT2D eigenvalue weighted by Crippen LogP contribution is 2.19. The Morgan fingerprint density at radius 3 is 2.66 bits per heavy atom. The van der Waals surface area contributed by atoms with Crippen LogP contribution in [0.2, 0.25) is 0 Å². The van der Waals surface area contributed by atoms with Crippen LogP contribution in [0.5, 0.6) is 6.01 Å². The molecule has 0 aliphatic carbocycles. The third kappa shape index (κ3) is 7.51. The maximum absolute atomic E-state index is 12.8. The molecule has 1 fully saturated rings. The van der Waals surface area contributed by atoms with Crippen molar-refractivity contribution in [2.45, 2.75) is 45.7 Å². The zero-order valence-electron chi connectivity index (χ0n) is 23.6. The highest BCUT2D eigenvalue weighted by Gasteiger charge is 2.16. The first-order valence-electron chi connectivity index (χ1n) is 14.4. The molecule has 12 heteroatoms. The van der Waals surface area contributed by atoms with E-state index in [1.807, 2.05) is 12.1 Å². The van der Waals surface area contributed by atoms with Crippen molar-refractivity contribution in [3.8, 4) is 6.01 Å². The highest BCUT2D eigenvalue weighted by atomic mass is 16.5. The van der Waals surface area contributed by atoms with Crippen LogP contribution in [-0.4, -0.2) is 81.9 Å². The average molecular weight is 566 g/mol. The number of hydrogen-bond donors (Lipinski definition) is 2. The van der Waals surface area contributed by atoms with Crippen molar-refractivity contribution in [1.29, 1.82) is 0 Å². The number of aromatic nitrogens is 4. The predicted octanol–water partition coefficient (Wildman–Crippen LogP) is 2.60. The number of nitrogen functional groups attached to an aromatic ring is 1. The number of unbranched alkanes of at least 4 members (excludes halogenated alkanes) is 1. The summed E-state index contributed by atoms with van der Waals surface area (Å²) in [6.07, 6.45) is 3.64. The van der Waals surface area contributed by atoms with Crippen LogP contribution in [-0.2, 0) is 17.8 Å². The molecule has 0 unspecified atom stereocenters. The van der Waals surface area contributed by atoms with E-state index < -0.39 is 0 Å². The van der Waals surface area contributed by atoms with E-state index in [2.05, 4.69) is 37.7 Å². The van der Waals surface area contributed by atoms with E-state index >= 15 is 0 Å². The maximum Gasteiger partial charge on any atom is 0.336 e. The molecule has 0 atom stereocenters. The van der Waals surface area contributed by atoms with Crippen LogP contribution in [0.1, 0.15) is 38.2 Å². The molecule has 5 rings (SSSR count). The zero-order chi connectivity index (χ0) is 28.6. The Kier molecular flexibility index (Phi) is 9.65. The van der Waals surface area contributed by atoms with Crippen molar-refractivity contribution in [2.75, 3.05) is 58.3 Å². The van der Waals surface area contributed by atoms with Gasteiger partial charge in [-0.2, -0.15) is 9.97 Å². The van der Waals surface area contributed by atoms with E-state index in [9.17, 15) is 9.59 Å². The number of rotatable bonds is 14. The molecule has 0 spiro atoms. The second kappa shape index (κ2) is 13.7. The van der Waals surface area contributed by atoms with Crippen molar-refractivity contribution < 1.29 is 13.9 Å². The lowest BCUT2D eigenvalue weighted by atomic mass is 10.1. The van der Waals surface area contributed by atoms with Crippen LogP contribution in [0.25, 0.3) is 22.1 Å². The largest absolute Gasteiger partial charge is 0.463 e. The van der Waals surface area contributed by atoms with Gasteiger partial charge >= 0.3 is 17.3 Å². The summed E-state index contributed by atoms with van der Waals surface area (Å²) >= 11 is 0. The summed E-state index contributed by atoms with van der Waals surface area (Å²) in [5.74, 6) is 0.203. The van der Waals surface area contributed by atoms with Gasteiger partial charge in [-0.1, -0.05) is 19.4 Å². The smallest absolute Gasteiger partial charge is 0.336 e. The summed E-state index contributed by atoms with van der Waals surface area (Å²) in [6, 6.07) is 9.36. The highest BCUT2D eigenvalue weighted by molar-refractivity contribution is 5.81. The van der Waals surface area contributed by atoms with Gasteiger partial charge in [-0.15, -0.1) is 0 Å². The van der Waals surface area contributed by atoms with Gasteiger partial charge in [0.15, 0.2) is 11.5 Å². The molecular weight excluding hydrogens is 526 g/mol. The van der Waals surface area contributed by atoms with E-state index in [1.165, 1.54) is 6.07 Å². The minimum atomic E-state index is -0.353. The molecule has 0 amide bonds. The molecule has 4 heterocycles. The second-order valence-corrected chi connectivity index (χ2v) is 10.4.